The van der Waals surface area contributed by atoms with Gasteiger partial charge in [-0.3, -0.25) is 9.89 Å². The molecule has 3 aromatic rings. The van der Waals surface area contributed by atoms with E-state index in [1.807, 2.05) is 43.3 Å². The van der Waals surface area contributed by atoms with Gasteiger partial charge >= 0.3 is 0 Å². The van der Waals surface area contributed by atoms with Crippen molar-refractivity contribution < 1.29 is 9.53 Å². The van der Waals surface area contributed by atoms with E-state index in [2.05, 4.69) is 15.5 Å². The first-order valence-electron chi connectivity index (χ1n) is 8.40. The number of nitrogens with zero attached hydrogens (tertiary/aromatic N) is 1. The van der Waals surface area contributed by atoms with Crippen LogP contribution in [-0.4, -0.2) is 22.7 Å². The van der Waals surface area contributed by atoms with E-state index < -0.39 is 0 Å². The van der Waals surface area contributed by atoms with Crippen molar-refractivity contribution in [1.82, 2.24) is 15.5 Å². The lowest BCUT2D eigenvalue weighted by Gasteiger charge is -2.07. The maximum absolute atomic E-state index is 12.5. The fourth-order valence-corrected chi connectivity index (χ4v) is 2.67. The first kappa shape index (κ1) is 18.2. The molecule has 26 heavy (non-hydrogen) atoms. The zero-order valence-corrected chi connectivity index (χ0v) is 15.2. The van der Waals surface area contributed by atoms with Gasteiger partial charge in [-0.05, 0) is 30.2 Å². The van der Waals surface area contributed by atoms with Crippen molar-refractivity contribution in [1.29, 1.82) is 0 Å². The summed E-state index contributed by atoms with van der Waals surface area (Å²) in [7, 11) is 0. The number of H-pyrrole nitrogens is 1. The van der Waals surface area contributed by atoms with Gasteiger partial charge < -0.3 is 10.1 Å². The summed E-state index contributed by atoms with van der Waals surface area (Å²) in [6.07, 6.45) is 1.53. The van der Waals surface area contributed by atoms with Crippen molar-refractivity contribution in [3.05, 3.63) is 76.4 Å². The number of amides is 1. The number of rotatable bonds is 7. The monoisotopic (exact) mass is 369 g/mol. The summed E-state index contributed by atoms with van der Waals surface area (Å²) in [6, 6.07) is 15.3. The van der Waals surface area contributed by atoms with E-state index >= 15 is 0 Å². The molecule has 5 nitrogen and oxygen atoms in total. The molecule has 0 atom stereocenters. The molecule has 1 amide bonds. The van der Waals surface area contributed by atoms with E-state index in [0.29, 0.717) is 36.0 Å². The normalized spacial score (nSPS) is 10.7. The summed E-state index contributed by atoms with van der Waals surface area (Å²) in [5, 5.41) is 10.5. The Hall–Kier alpha value is -2.63. The van der Waals surface area contributed by atoms with E-state index in [9.17, 15) is 4.79 Å². The molecule has 0 saturated heterocycles. The Morgan fingerprint density at radius 3 is 2.50 bits per heavy atom. The predicted octanol–water partition coefficient (Wildman–Crippen LogP) is 4.20. The van der Waals surface area contributed by atoms with Crippen molar-refractivity contribution in [3.63, 3.8) is 0 Å². The van der Waals surface area contributed by atoms with Crippen LogP contribution in [0.25, 0.3) is 11.3 Å². The van der Waals surface area contributed by atoms with Crippen LogP contribution in [0.4, 0.5) is 0 Å². The first-order chi connectivity index (χ1) is 12.7. The molecule has 0 aliphatic carbocycles. The maximum atomic E-state index is 12.5. The lowest BCUT2D eigenvalue weighted by Crippen LogP contribution is -2.23. The number of halogens is 1. The number of benzene rings is 2. The highest BCUT2D eigenvalue weighted by Crippen LogP contribution is 2.23. The highest BCUT2D eigenvalue weighted by atomic mass is 35.5. The maximum Gasteiger partial charge on any atom is 0.255 e. The van der Waals surface area contributed by atoms with E-state index in [1.165, 1.54) is 6.20 Å². The number of ether oxygens (including phenoxy) is 1. The van der Waals surface area contributed by atoms with Crippen molar-refractivity contribution in [2.45, 2.75) is 20.1 Å². The minimum Gasteiger partial charge on any atom is -0.377 e. The zero-order valence-electron chi connectivity index (χ0n) is 14.5. The molecule has 0 unspecified atom stereocenters. The van der Waals surface area contributed by atoms with Crippen LogP contribution in [-0.2, 0) is 17.9 Å². The Bertz CT molecular complexity index is 858. The van der Waals surface area contributed by atoms with E-state index in [-0.39, 0.29) is 5.91 Å². The molecule has 0 saturated carbocycles. The van der Waals surface area contributed by atoms with Crippen molar-refractivity contribution in [2.24, 2.45) is 0 Å². The highest BCUT2D eigenvalue weighted by molar-refractivity contribution is 6.30. The van der Waals surface area contributed by atoms with Gasteiger partial charge in [0.05, 0.1) is 24.1 Å². The molecule has 0 radical (unpaired) electrons. The minimum atomic E-state index is -0.179. The third-order valence-corrected chi connectivity index (χ3v) is 4.22. The number of hydrogen-bond acceptors (Lipinski definition) is 3. The van der Waals surface area contributed by atoms with Gasteiger partial charge in [0.15, 0.2) is 0 Å². The molecule has 0 aliphatic heterocycles. The molecule has 1 aromatic heterocycles. The van der Waals surface area contributed by atoms with Gasteiger partial charge in [-0.15, -0.1) is 0 Å². The molecule has 134 valence electrons. The first-order valence-corrected chi connectivity index (χ1v) is 8.78. The van der Waals surface area contributed by atoms with Crippen LogP contribution >= 0.6 is 11.6 Å². The Balaban J connectivity index is 1.64. The van der Waals surface area contributed by atoms with Gasteiger partial charge in [-0.25, -0.2) is 0 Å². The number of nitrogens with one attached hydrogen (secondary N) is 2. The number of aromatic nitrogens is 2. The summed E-state index contributed by atoms with van der Waals surface area (Å²) in [6.45, 7) is 3.71. The van der Waals surface area contributed by atoms with Gasteiger partial charge in [-0.1, -0.05) is 48.0 Å². The average molecular weight is 370 g/mol. The summed E-state index contributed by atoms with van der Waals surface area (Å²) < 4.78 is 5.38. The van der Waals surface area contributed by atoms with E-state index in [0.717, 1.165) is 16.7 Å². The lowest BCUT2D eigenvalue weighted by molar-refractivity contribution is 0.0951. The summed E-state index contributed by atoms with van der Waals surface area (Å²) in [5.41, 5.74) is 4.17. The SMILES string of the molecule is CCOCc1ccc(CNC(=O)c2cn[nH]c2-c2ccc(Cl)cc2)cc1. The topological polar surface area (TPSA) is 67.0 Å². The number of carbonyl (C=O) groups excluding carboxylic acids is 1. The molecule has 0 spiro atoms. The predicted molar refractivity (Wildman–Crippen MR) is 102 cm³/mol. The van der Waals surface area contributed by atoms with Gasteiger partial charge in [0.25, 0.3) is 5.91 Å². The molecule has 0 fully saturated rings. The van der Waals surface area contributed by atoms with E-state index in [1.54, 1.807) is 12.1 Å². The highest BCUT2D eigenvalue weighted by Gasteiger charge is 2.15. The van der Waals surface area contributed by atoms with Crippen LogP contribution in [0.15, 0.2) is 54.7 Å². The molecule has 0 bridgehead atoms. The second kappa shape index (κ2) is 8.65. The van der Waals surface area contributed by atoms with Gasteiger partial charge in [0.1, 0.15) is 0 Å². The summed E-state index contributed by atoms with van der Waals surface area (Å²) in [5.74, 6) is -0.179. The van der Waals surface area contributed by atoms with Crippen molar-refractivity contribution in [3.8, 4) is 11.3 Å². The molecule has 6 heteroatoms. The molecular formula is C20H20ClN3O2. The van der Waals surface area contributed by atoms with Crippen LogP contribution in [0.5, 0.6) is 0 Å². The molecular weight excluding hydrogens is 350 g/mol. The number of aromatic amines is 1. The molecule has 3 rings (SSSR count). The Morgan fingerprint density at radius 1 is 1.12 bits per heavy atom. The van der Waals surface area contributed by atoms with Crippen LogP contribution in [0, 0.1) is 0 Å². The zero-order chi connectivity index (χ0) is 18.4. The number of hydrogen-bond donors (Lipinski definition) is 2. The van der Waals surface area contributed by atoms with Crippen LogP contribution in [0.2, 0.25) is 5.02 Å². The van der Waals surface area contributed by atoms with Gasteiger partial charge in [-0.2, -0.15) is 5.10 Å². The standard InChI is InChI=1S/C20H20ClN3O2/c1-2-26-13-15-5-3-14(4-6-15)11-22-20(25)18-12-23-24-19(18)16-7-9-17(21)10-8-16/h3-10,12H,2,11,13H2,1H3,(H,22,25)(H,23,24). The quantitative estimate of drug-likeness (QED) is 0.656. The molecule has 1 heterocycles. The van der Waals surface area contributed by atoms with Crippen LogP contribution in [0.3, 0.4) is 0 Å². The lowest BCUT2D eigenvalue weighted by atomic mass is 10.1. The van der Waals surface area contributed by atoms with Gasteiger partial charge in [0, 0.05) is 23.7 Å². The summed E-state index contributed by atoms with van der Waals surface area (Å²) in [4.78, 5) is 12.5. The molecule has 2 N–H and O–H groups in total. The average Bonchev–Trinajstić information content (AvgIpc) is 3.16. The Labute approximate surface area is 157 Å². The van der Waals surface area contributed by atoms with Crippen LogP contribution in [0.1, 0.15) is 28.4 Å². The van der Waals surface area contributed by atoms with Crippen LogP contribution < -0.4 is 5.32 Å². The second-order valence-corrected chi connectivity index (χ2v) is 6.24. The fourth-order valence-electron chi connectivity index (χ4n) is 2.55. The van der Waals surface area contributed by atoms with Crippen molar-refractivity contribution >= 4 is 17.5 Å². The van der Waals surface area contributed by atoms with Gasteiger partial charge in [0.2, 0.25) is 0 Å². The number of carbonyl (C=O) groups is 1. The minimum absolute atomic E-state index is 0.179. The smallest absolute Gasteiger partial charge is 0.255 e. The second-order valence-electron chi connectivity index (χ2n) is 5.80. The van der Waals surface area contributed by atoms with Crippen molar-refractivity contribution in [2.75, 3.05) is 6.61 Å². The fraction of sp³-hybridized carbons (Fsp3) is 0.200. The third-order valence-electron chi connectivity index (χ3n) is 3.97. The van der Waals surface area contributed by atoms with E-state index in [4.69, 9.17) is 16.3 Å². The Kier molecular flexibility index (Phi) is 6.04. The molecule has 2 aromatic carbocycles. The largest absolute Gasteiger partial charge is 0.377 e. The third kappa shape index (κ3) is 4.50. The Morgan fingerprint density at radius 2 is 1.81 bits per heavy atom. The summed E-state index contributed by atoms with van der Waals surface area (Å²) >= 11 is 5.92. The molecule has 0 aliphatic rings.